The molecule has 0 aliphatic carbocycles. The first-order chi connectivity index (χ1) is 12.6. The molecule has 0 aliphatic heterocycles. The van der Waals surface area contributed by atoms with Crippen LogP contribution in [0.25, 0.3) is 0 Å². The van der Waals surface area contributed by atoms with Crippen molar-refractivity contribution in [1.82, 2.24) is 20.3 Å². The predicted octanol–water partition coefficient (Wildman–Crippen LogP) is 3.28. The molecule has 1 atom stereocenters. The molecular weight excluding hydrogens is 326 g/mol. The third-order valence-electron chi connectivity index (χ3n) is 3.91. The average Bonchev–Trinajstić information content (AvgIpc) is 2.67. The van der Waals surface area contributed by atoms with Crippen LogP contribution in [-0.2, 0) is 6.54 Å². The summed E-state index contributed by atoms with van der Waals surface area (Å²) >= 11 is 0. The molecule has 0 spiro atoms. The van der Waals surface area contributed by atoms with E-state index < -0.39 is 0 Å². The number of carbonyl (C=O) groups excluding carboxylic acids is 1. The molecule has 6 nitrogen and oxygen atoms in total. The van der Waals surface area contributed by atoms with Crippen molar-refractivity contribution in [3.05, 3.63) is 83.4 Å². The Morgan fingerprint density at radius 3 is 2.65 bits per heavy atom. The molecule has 0 bridgehead atoms. The van der Waals surface area contributed by atoms with E-state index in [4.69, 9.17) is 0 Å². The van der Waals surface area contributed by atoms with Crippen LogP contribution in [0.5, 0.6) is 0 Å². The highest BCUT2D eigenvalue weighted by Crippen LogP contribution is 2.17. The third kappa shape index (κ3) is 4.63. The van der Waals surface area contributed by atoms with Crippen molar-refractivity contribution in [2.24, 2.45) is 0 Å². The van der Waals surface area contributed by atoms with Gasteiger partial charge in [0.2, 0.25) is 5.95 Å². The number of aromatic nitrogens is 3. The van der Waals surface area contributed by atoms with Crippen molar-refractivity contribution in [2.75, 3.05) is 5.32 Å². The summed E-state index contributed by atoms with van der Waals surface area (Å²) in [6.45, 7) is 4.28. The molecular formula is C20H21N5O. The molecule has 6 heteroatoms. The van der Waals surface area contributed by atoms with Gasteiger partial charge < -0.3 is 10.6 Å². The fourth-order valence-electron chi connectivity index (χ4n) is 2.54. The first kappa shape index (κ1) is 17.5. The van der Waals surface area contributed by atoms with Crippen molar-refractivity contribution in [3.8, 4) is 0 Å². The van der Waals surface area contributed by atoms with Gasteiger partial charge in [0.25, 0.3) is 5.91 Å². The fourth-order valence-corrected chi connectivity index (χ4v) is 2.54. The predicted molar refractivity (Wildman–Crippen MR) is 101 cm³/mol. The zero-order valence-electron chi connectivity index (χ0n) is 14.8. The standard InChI is InChI=1S/C20H21N5O/c1-14-11-18(19(26)22-13-16-7-6-10-21-12-16)25-20(23-14)24-15(2)17-8-4-3-5-9-17/h3-12,15H,13H2,1-2H3,(H,22,26)(H,23,24,25). The largest absolute Gasteiger partial charge is 0.348 e. The lowest BCUT2D eigenvalue weighted by molar-refractivity contribution is 0.0945. The number of pyridine rings is 1. The fraction of sp³-hybridized carbons (Fsp3) is 0.200. The normalized spacial score (nSPS) is 11.6. The minimum atomic E-state index is -0.241. The molecule has 3 aromatic rings. The number of benzene rings is 1. The molecule has 0 saturated heterocycles. The van der Waals surface area contributed by atoms with Crippen LogP contribution < -0.4 is 10.6 Å². The highest BCUT2D eigenvalue weighted by Gasteiger charge is 2.12. The highest BCUT2D eigenvalue weighted by atomic mass is 16.1. The Labute approximate surface area is 152 Å². The van der Waals surface area contributed by atoms with Gasteiger partial charge in [0.1, 0.15) is 5.69 Å². The maximum absolute atomic E-state index is 12.4. The minimum Gasteiger partial charge on any atom is -0.348 e. The lowest BCUT2D eigenvalue weighted by atomic mass is 10.1. The summed E-state index contributed by atoms with van der Waals surface area (Å²) < 4.78 is 0. The van der Waals surface area contributed by atoms with Gasteiger partial charge in [0.05, 0.1) is 6.04 Å². The van der Waals surface area contributed by atoms with Crippen molar-refractivity contribution >= 4 is 11.9 Å². The van der Waals surface area contributed by atoms with Crippen LogP contribution in [0, 0.1) is 6.92 Å². The van der Waals surface area contributed by atoms with E-state index in [1.807, 2.05) is 56.3 Å². The first-order valence-electron chi connectivity index (χ1n) is 8.46. The van der Waals surface area contributed by atoms with E-state index in [-0.39, 0.29) is 11.9 Å². The molecule has 2 aromatic heterocycles. The first-order valence-corrected chi connectivity index (χ1v) is 8.46. The van der Waals surface area contributed by atoms with Gasteiger partial charge in [-0.2, -0.15) is 0 Å². The summed E-state index contributed by atoms with van der Waals surface area (Å²) in [5, 5.41) is 6.11. The van der Waals surface area contributed by atoms with Crippen LogP contribution in [0.4, 0.5) is 5.95 Å². The Balaban J connectivity index is 1.69. The van der Waals surface area contributed by atoms with Gasteiger partial charge in [-0.25, -0.2) is 9.97 Å². The summed E-state index contributed by atoms with van der Waals surface area (Å²) in [6.07, 6.45) is 3.42. The van der Waals surface area contributed by atoms with Crippen LogP contribution in [0.3, 0.4) is 0 Å². The molecule has 3 rings (SSSR count). The number of hydrogen-bond donors (Lipinski definition) is 2. The van der Waals surface area contributed by atoms with E-state index in [1.54, 1.807) is 18.5 Å². The Hall–Kier alpha value is -3.28. The molecule has 1 unspecified atom stereocenters. The SMILES string of the molecule is Cc1cc(C(=O)NCc2cccnc2)nc(NC(C)c2ccccc2)n1. The molecule has 26 heavy (non-hydrogen) atoms. The molecule has 0 aliphatic rings. The summed E-state index contributed by atoms with van der Waals surface area (Å²) in [5.74, 6) is 0.197. The van der Waals surface area contributed by atoms with Crippen molar-refractivity contribution in [1.29, 1.82) is 0 Å². The molecule has 0 saturated carbocycles. The lowest BCUT2D eigenvalue weighted by Crippen LogP contribution is -2.24. The number of nitrogens with zero attached hydrogens (tertiary/aromatic N) is 3. The Morgan fingerprint density at radius 2 is 1.92 bits per heavy atom. The third-order valence-corrected chi connectivity index (χ3v) is 3.91. The second-order valence-electron chi connectivity index (χ2n) is 6.04. The molecule has 0 radical (unpaired) electrons. The van der Waals surface area contributed by atoms with Gasteiger partial charge in [-0.1, -0.05) is 36.4 Å². The minimum absolute atomic E-state index is 0.0318. The number of amides is 1. The van der Waals surface area contributed by atoms with Crippen LogP contribution in [0.2, 0.25) is 0 Å². The summed E-state index contributed by atoms with van der Waals surface area (Å²) in [4.78, 5) is 25.2. The number of nitrogens with one attached hydrogen (secondary N) is 2. The Kier molecular flexibility index (Phi) is 5.53. The Morgan fingerprint density at radius 1 is 1.12 bits per heavy atom. The van der Waals surface area contributed by atoms with Crippen molar-refractivity contribution in [3.63, 3.8) is 0 Å². The Bertz CT molecular complexity index is 868. The van der Waals surface area contributed by atoms with Gasteiger partial charge in [0, 0.05) is 24.6 Å². The van der Waals surface area contributed by atoms with E-state index in [0.717, 1.165) is 16.8 Å². The van der Waals surface area contributed by atoms with Gasteiger partial charge in [0.15, 0.2) is 0 Å². The molecule has 132 valence electrons. The number of carbonyl (C=O) groups is 1. The number of rotatable bonds is 6. The number of hydrogen-bond acceptors (Lipinski definition) is 5. The van der Waals surface area contributed by atoms with Crippen molar-refractivity contribution < 1.29 is 4.79 Å². The monoisotopic (exact) mass is 347 g/mol. The highest BCUT2D eigenvalue weighted by molar-refractivity contribution is 5.92. The zero-order chi connectivity index (χ0) is 18.4. The smallest absolute Gasteiger partial charge is 0.270 e. The molecule has 0 fully saturated rings. The van der Waals surface area contributed by atoms with Crippen LogP contribution in [0.15, 0.2) is 60.9 Å². The zero-order valence-corrected chi connectivity index (χ0v) is 14.8. The van der Waals surface area contributed by atoms with Crippen LogP contribution in [0.1, 0.15) is 40.3 Å². The summed E-state index contributed by atoms with van der Waals surface area (Å²) in [5.41, 5.74) is 3.13. The topological polar surface area (TPSA) is 79.8 Å². The second-order valence-corrected chi connectivity index (χ2v) is 6.04. The maximum Gasteiger partial charge on any atom is 0.270 e. The molecule has 1 aromatic carbocycles. The van der Waals surface area contributed by atoms with Gasteiger partial charge in [-0.05, 0) is 37.1 Å². The number of aryl methyl sites for hydroxylation is 1. The van der Waals surface area contributed by atoms with E-state index in [0.29, 0.717) is 18.2 Å². The quantitative estimate of drug-likeness (QED) is 0.715. The summed E-state index contributed by atoms with van der Waals surface area (Å²) in [7, 11) is 0. The van der Waals surface area contributed by atoms with E-state index in [9.17, 15) is 4.79 Å². The molecule has 1 amide bonds. The average molecular weight is 347 g/mol. The number of anilines is 1. The van der Waals surface area contributed by atoms with Gasteiger partial charge in [-0.3, -0.25) is 9.78 Å². The van der Waals surface area contributed by atoms with E-state index in [2.05, 4.69) is 25.6 Å². The summed E-state index contributed by atoms with van der Waals surface area (Å²) in [6, 6.07) is 15.5. The van der Waals surface area contributed by atoms with Gasteiger partial charge >= 0.3 is 0 Å². The molecule has 2 N–H and O–H groups in total. The van der Waals surface area contributed by atoms with Gasteiger partial charge in [-0.15, -0.1) is 0 Å². The lowest BCUT2D eigenvalue weighted by Gasteiger charge is -2.15. The maximum atomic E-state index is 12.4. The van der Waals surface area contributed by atoms with Crippen LogP contribution in [-0.4, -0.2) is 20.9 Å². The molecule has 2 heterocycles. The van der Waals surface area contributed by atoms with Crippen LogP contribution >= 0.6 is 0 Å². The second kappa shape index (κ2) is 8.20. The van der Waals surface area contributed by atoms with E-state index in [1.165, 1.54) is 0 Å². The van der Waals surface area contributed by atoms with E-state index >= 15 is 0 Å². The van der Waals surface area contributed by atoms with Crippen molar-refractivity contribution in [2.45, 2.75) is 26.4 Å².